The van der Waals surface area contributed by atoms with Gasteiger partial charge in [-0.25, -0.2) is 0 Å². The van der Waals surface area contributed by atoms with Crippen LogP contribution < -0.4 is 5.32 Å². The number of fused-ring (bicyclic) bond motifs is 2. The Bertz CT molecular complexity index is 497. The monoisotopic (exact) mass is 217 g/mol. The second-order valence-electron chi connectivity index (χ2n) is 4.28. The predicted octanol–water partition coefficient (Wildman–Crippen LogP) is 1.21. The van der Waals surface area contributed by atoms with E-state index in [9.17, 15) is 9.59 Å². The summed E-state index contributed by atoms with van der Waals surface area (Å²) >= 11 is 0. The SMILES string of the molecule is CC1OC(=O)CC12C(=O)Nc1ccccc12. The highest BCUT2D eigenvalue weighted by Crippen LogP contribution is 2.47. The first-order valence-corrected chi connectivity index (χ1v) is 5.25. The summed E-state index contributed by atoms with van der Waals surface area (Å²) in [6, 6.07) is 7.46. The van der Waals surface area contributed by atoms with Crippen molar-refractivity contribution in [2.75, 3.05) is 5.32 Å². The van der Waals surface area contributed by atoms with Gasteiger partial charge in [-0.3, -0.25) is 9.59 Å². The van der Waals surface area contributed by atoms with Crippen molar-refractivity contribution in [3.05, 3.63) is 29.8 Å². The van der Waals surface area contributed by atoms with Crippen LogP contribution in [0, 0.1) is 0 Å². The van der Waals surface area contributed by atoms with Gasteiger partial charge >= 0.3 is 5.97 Å². The third-order valence-electron chi connectivity index (χ3n) is 3.49. The predicted molar refractivity (Wildman–Crippen MR) is 56.9 cm³/mol. The van der Waals surface area contributed by atoms with Crippen LogP contribution in [0.15, 0.2) is 24.3 Å². The molecule has 3 rings (SSSR count). The zero-order chi connectivity index (χ0) is 11.3. The molecule has 1 aromatic rings. The molecule has 0 aromatic heterocycles. The maximum absolute atomic E-state index is 12.1. The first-order chi connectivity index (χ1) is 7.64. The van der Waals surface area contributed by atoms with Gasteiger partial charge in [-0.05, 0) is 18.6 Å². The molecule has 4 nitrogen and oxygen atoms in total. The van der Waals surface area contributed by atoms with Crippen LogP contribution in [-0.4, -0.2) is 18.0 Å². The number of cyclic esters (lactones) is 1. The Balaban J connectivity index is 2.21. The van der Waals surface area contributed by atoms with Crippen molar-refractivity contribution in [1.82, 2.24) is 0 Å². The first kappa shape index (κ1) is 9.39. The van der Waals surface area contributed by atoms with Crippen LogP contribution >= 0.6 is 0 Å². The smallest absolute Gasteiger partial charge is 0.307 e. The molecule has 2 aliphatic heterocycles. The standard InChI is InChI=1S/C12H11NO3/c1-7-12(6-10(14)16-7)8-4-2-3-5-9(8)13-11(12)15/h2-5,7H,6H2,1H3,(H,13,15). The topological polar surface area (TPSA) is 55.4 Å². The van der Waals surface area contributed by atoms with Gasteiger partial charge in [0.1, 0.15) is 11.5 Å². The van der Waals surface area contributed by atoms with Crippen molar-refractivity contribution in [1.29, 1.82) is 0 Å². The molecule has 1 amide bonds. The highest BCUT2D eigenvalue weighted by molar-refractivity contribution is 6.09. The van der Waals surface area contributed by atoms with Crippen molar-refractivity contribution in [3.63, 3.8) is 0 Å². The number of amides is 1. The van der Waals surface area contributed by atoms with Gasteiger partial charge in [0.15, 0.2) is 0 Å². The molecule has 2 aliphatic rings. The molecule has 1 spiro atoms. The fraction of sp³-hybridized carbons (Fsp3) is 0.333. The minimum absolute atomic E-state index is 0.132. The maximum atomic E-state index is 12.1. The third kappa shape index (κ3) is 0.939. The molecular formula is C12H11NO3. The number of carbonyl (C=O) groups excluding carboxylic acids is 2. The number of esters is 1. The van der Waals surface area contributed by atoms with Crippen LogP contribution in [0.5, 0.6) is 0 Å². The lowest BCUT2D eigenvalue weighted by Gasteiger charge is -2.23. The zero-order valence-corrected chi connectivity index (χ0v) is 8.82. The summed E-state index contributed by atoms with van der Waals surface area (Å²) in [5.74, 6) is -0.439. The van der Waals surface area contributed by atoms with E-state index in [1.807, 2.05) is 24.3 Å². The summed E-state index contributed by atoms with van der Waals surface area (Å²) in [5.41, 5.74) is 0.851. The number of benzene rings is 1. The van der Waals surface area contributed by atoms with Crippen molar-refractivity contribution in [2.45, 2.75) is 24.9 Å². The van der Waals surface area contributed by atoms with E-state index in [1.165, 1.54) is 0 Å². The largest absolute Gasteiger partial charge is 0.461 e. The fourth-order valence-corrected chi connectivity index (χ4v) is 2.63. The molecule has 1 aromatic carbocycles. The Hall–Kier alpha value is -1.84. The number of para-hydroxylation sites is 1. The average Bonchev–Trinajstić information content (AvgIpc) is 2.69. The van der Waals surface area contributed by atoms with Crippen molar-refractivity contribution < 1.29 is 14.3 Å². The van der Waals surface area contributed by atoms with Gasteiger partial charge in [0.2, 0.25) is 5.91 Å². The number of hydrogen-bond acceptors (Lipinski definition) is 3. The zero-order valence-electron chi connectivity index (χ0n) is 8.82. The number of hydrogen-bond donors (Lipinski definition) is 1. The average molecular weight is 217 g/mol. The first-order valence-electron chi connectivity index (χ1n) is 5.25. The van der Waals surface area contributed by atoms with E-state index in [0.717, 1.165) is 11.3 Å². The summed E-state index contributed by atoms with van der Waals surface area (Å²) in [4.78, 5) is 23.4. The van der Waals surface area contributed by atoms with Crippen LogP contribution in [0.25, 0.3) is 0 Å². The highest BCUT2D eigenvalue weighted by atomic mass is 16.6. The van der Waals surface area contributed by atoms with Crippen LogP contribution in [0.3, 0.4) is 0 Å². The Morgan fingerprint density at radius 3 is 2.81 bits per heavy atom. The third-order valence-corrected chi connectivity index (χ3v) is 3.49. The summed E-state index contributed by atoms with van der Waals surface area (Å²) < 4.78 is 5.13. The Kier molecular flexibility index (Phi) is 1.67. The second-order valence-corrected chi connectivity index (χ2v) is 4.28. The van der Waals surface area contributed by atoms with Gasteiger partial charge in [-0.2, -0.15) is 0 Å². The molecule has 2 atom stereocenters. The molecule has 16 heavy (non-hydrogen) atoms. The quantitative estimate of drug-likeness (QED) is 0.664. The Morgan fingerprint density at radius 2 is 2.12 bits per heavy atom. The lowest BCUT2D eigenvalue weighted by molar-refractivity contribution is -0.140. The molecule has 1 N–H and O–H groups in total. The van der Waals surface area contributed by atoms with E-state index in [2.05, 4.69) is 5.32 Å². The lowest BCUT2D eigenvalue weighted by atomic mass is 9.76. The van der Waals surface area contributed by atoms with Crippen LogP contribution in [0.2, 0.25) is 0 Å². The van der Waals surface area contributed by atoms with Crippen molar-refractivity contribution in [2.24, 2.45) is 0 Å². The van der Waals surface area contributed by atoms with Crippen molar-refractivity contribution >= 4 is 17.6 Å². The van der Waals surface area contributed by atoms with Gasteiger partial charge in [0, 0.05) is 5.69 Å². The molecule has 82 valence electrons. The second kappa shape index (κ2) is 2.84. The molecule has 0 aliphatic carbocycles. The minimum atomic E-state index is -0.812. The minimum Gasteiger partial charge on any atom is -0.461 e. The van der Waals surface area contributed by atoms with E-state index in [1.54, 1.807) is 6.92 Å². The van der Waals surface area contributed by atoms with E-state index in [4.69, 9.17) is 4.74 Å². The molecule has 0 bridgehead atoms. The summed E-state index contributed by atoms with van der Waals surface area (Å²) in [6.07, 6.45) is -0.263. The van der Waals surface area contributed by atoms with E-state index in [0.29, 0.717) is 0 Å². The maximum Gasteiger partial charge on any atom is 0.307 e. The summed E-state index contributed by atoms with van der Waals surface area (Å²) in [6.45, 7) is 1.77. The van der Waals surface area contributed by atoms with Crippen LogP contribution in [0.4, 0.5) is 5.69 Å². The Morgan fingerprint density at radius 1 is 1.38 bits per heavy atom. The van der Waals surface area contributed by atoms with Gasteiger partial charge in [0.05, 0.1) is 6.42 Å². The number of rotatable bonds is 0. The van der Waals surface area contributed by atoms with Crippen LogP contribution in [0.1, 0.15) is 18.9 Å². The molecule has 2 unspecified atom stereocenters. The Labute approximate surface area is 92.6 Å². The van der Waals surface area contributed by atoms with Crippen molar-refractivity contribution in [3.8, 4) is 0 Å². The molecule has 2 heterocycles. The molecular weight excluding hydrogens is 206 g/mol. The lowest BCUT2D eigenvalue weighted by Crippen LogP contribution is -2.40. The van der Waals surface area contributed by atoms with Crippen LogP contribution in [-0.2, 0) is 19.7 Å². The molecule has 1 fully saturated rings. The van der Waals surface area contributed by atoms with E-state index >= 15 is 0 Å². The highest BCUT2D eigenvalue weighted by Gasteiger charge is 2.57. The molecule has 0 radical (unpaired) electrons. The summed E-state index contributed by atoms with van der Waals surface area (Å²) in [5, 5.41) is 2.81. The number of anilines is 1. The molecule has 0 saturated carbocycles. The van der Waals surface area contributed by atoms with E-state index in [-0.39, 0.29) is 18.3 Å². The fourth-order valence-electron chi connectivity index (χ4n) is 2.63. The van der Waals surface area contributed by atoms with Gasteiger partial charge in [0.25, 0.3) is 0 Å². The number of ether oxygens (including phenoxy) is 1. The molecule has 1 saturated heterocycles. The van der Waals surface area contributed by atoms with Gasteiger partial charge in [-0.1, -0.05) is 18.2 Å². The van der Waals surface area contributed by atoms with Gasteiger partial charge in [-0.15, -0.1) is 0 Å². The number of carbonyl (C=O) groups is 2. The molecule has 4 heteroatoms. The normalized spacial score (nSPS) is 31.4. The van der Waals surface area contributed by atoms with E-state index < -0.39 is 11.5 Å². The number of nitrogens with one attached hydrogen (secondary N) is 1. The van der Waals surface area contributed by atoms with Gasteiger partial charge < -0.3 is 10.1 Å². The summed E-state index contributed by atoms with van der Waals surface area (Å²) in [7, 11) is 0.